The molecule has 2 aromatic rings. The van der Waals surface area contributed by atoms with Gasteiger partial charge in [0.1, 0.15) is 0 Å². The highest BCUT2D eigenvalue weighted by molar-refractivity contribution is 5.52. The third-order valence-electron chi connectivity index (χ3n) is 2.42. The summed E-state index contributed by atoms with van der Waals surface area (Å²) >= 11 is 0. The van der Waals surface area contributed by atoms with E-state index in [1.807, 2.05) is 0 Å². The molecule has 0 aliphatic carbocycles. The average Bonchev–Trinajstić information content (AvgIpc) is 2.36. The van der Waals surface area contributed by atoms with Crippen LogP contribution in [0, 0.1) is 0 Å². The van der Waals surface area contributed by atoms with Gasteiger partial charge in [-0.2, -0.15) is 0 Å². The van der Waals surface area contributed by atoms with E-state index in [0.29, 0.717) is 11.4 Å². The van der Waals surface area contributed by atoms with Crippen LogP contribution in [-0.4, -0.2) is 14.3 Å². The number of rotatable bonds is 2. The molecule has 1 aromatic heterocycles. The number of nitrogens with zero attached hydrogens (tertiary/aromatic N) is 3. The van der Waals surface area contributed by atoms with Crippen LogP contribution < -0.4 is 21.7 Å². The molecule has 0 fully saturated rings. The predicted molar refractivity (Wildman–Crippen MR) is 65.6 cm³/mol. The third-order valence-corrected chi connectivity index (χ3v) is 2.42. The van der Waals surface area contributed by atoms with Crippen molar-refractivity contribution in [3.05, 3.63) is 45.1 Å². The summed E-state index contributed by atoms with van der Waals surface area (Å²) in [5, 5.41) is 3.76. The molecule has 0 saturated heterocycles. The summed E-state index contributed by atoms with van der Waals surface area (Å²) in [5.41, 5.74) is 4.95. The number of anilines is 1. The zero-order chi connectivity index (χ0) is 13.3. The fourth-order valence-electron chi connectivity index (χ4n) is 1.41. The first-order valence-electron chi connectivity index (χ1n) is 5.17. The lowest BCUT2D eigenvalue weighted by atomic mass is 10.3. The van der Waals surface area contributed by atoms with E-state index < -0.39 is 11.2 Å². The number of hydrogen-bond donors (Lipinski definition) is 1. The molecule has 94 valence electrons. The fourth-order valence-corrected chi connectivity index (χ4v) is 1.41. The Kier molecular flexibility index (Phi) is 2.88. The van der Waals surface area contributed by atoms with Gasteiger partial charge in [0.2, 0.25) is 0 Å². The molecule has 2 N–H and O–H groups in total. The van der Waals surface area contributed by atoms with Crippen LogP contribution in [0.15, 0.2) is 33.9 Å². The van der Waals surface area contributed by atoms with Gasteiger partial charge in [-0.3, -0.25) is 9.36 Å². The summed E-state index contributed by atoms with van der Waals surface area (Å²) < 4.78 is 7.27. The van der Waals surface area contributed by atoms with Gasteiger partial charge in [0.05, 0.1) is 5.69 Å². The Hall–Kier alpha value is -2.57. The quantitative estimate of drug-likeness (QED) is 0.746. The molecule has 2 rings (SSSR count). The molecule has 0 bridgehead atoms. The minimum absolute atomic E-state index is 0.197. The van der Waals surface area contributed by atoms with Gasteiger partial charge in [0.15, 0.2) is 5.75 Å². The second-order valence-electron chi connectivity index (χ2n) is 3.72. The Morgan fingerprint density at radius 3 is 2.56 bits per heavy atom. The Bertz CT molecular complexity index is 702. The molecule has 0 aliphatic heterocycles. The van der Waals surface area contributed by atoms with Gasteiger partial charge in [0.25, 0.3) is 0 Å². The lowest BCUT2D eigenvalue weighted by Crippen LogP contribution is -2.38. The molecule has 0 aliphatic rings. The molecule has 7 heteroatoms. The minimum Gasteiger partial charge on any atom is -0.431 e. The van der Waals surface area contributed by atoms with Crippen LogP contribution in [0.1, 0.15) is 0 Å². The second kappa shape index (κ2) is 4.36. The van der Waals surface area contributed by atoms with Crippen LogP contribution in [0.3, 0.4) is 0 Å². The first-order valence-corrected chi connectivity index (χ1v) is 5.17. The maximum atomic E-state index is 11.8. The maximum absolute atomic E-state index is 11.8. The van der Waals surface area contributed by atoms with Crippen molar-refractivity contribution in [1.82, 2.24) is 14.3 Å². The van der Waals surface area contributed by atoms with E-state index >= 15 is 0 Å². The zero-order valence-corrected chi connectivity index (χ0v) is 9.95. The smallest absolute Gasteiger partial charge is 0.347 e. The Labute approximate surface area is 102 Å². The number of nitrogens with two attached hydrogens (primary N) is 1. The fraction of sp³-hybridized carbons (Fsp3) is 0.182. The molecular weight excluding hydrogens is 236 g/mol. The number of aryl methyl sites for hydroxylation is 1. The van der Waals surface area contributed by atoms with Crippen molar-refractivity contribution in [3.8, 4) is 11.6 Å². The molecule has 0 radical (unpaired) electrons. The lowest BCUT2D eigenvalue weighted by molar-refractivity contribution is 0.416. The number of ether oxygens (including phenoxy) is 1. The van der Waals surface area contributed by atoms with Gasteiger partial charge in [0, 0.05) is 14.1 Å². The van der Waals surface area contributed by atoms with Crippen LogP contribution in [0.2, 0.25) is 0 Å². The molecule has 0 atom stereocenters. The first-order chi connectivity index (χ1) is 8.50. The van der Waals surface area contributed by atoms with Crippen LogP contribution >= 0.6 is 0 Å². The summed E-state index contributed by atoms with van der Waals surface area (Å²) in [6.45, 7) is 0. The largest absolute Gasteiger partial charge is 0.431 e. The number of para-hydroxylation sites is 2. The van der Waals surface area contributed by atoms with E-state index in [-0.39, 0.29) is 5.88 Å². The van der Waals surface area contributed by atoms with Crippen LogP contribution in [0.4, 0.5) is 5.69 Å². The standard InChI is InChI=1S/C11H12N4O3/c1-14-10(16)9(13-15(2)11(14)17)18-8-6-4-3-5-7(8)12/h3-6H,12H2,1-2H3. The topological polar surface area (TPSA) is 92.1 Å². The SMILES string of the molecule is Cn1nc(Oc2ccccc2N)c(=O)n(C)c1=O. The lowest BCUT2D eigenvalue weighted by Gasteiger charge is -2.08. The van der Waals surface area contributed by atoms with Gasteiger partial charge < -0.3 is 10.5 Å². The Morgan fingerprint density at radius 1 is 1.22 bits per heavy atom. The molecule has 0 spiro atoms. The molecule has 0 saturated carbocycles. The van der Waals surface area contributed by atoms with Crippen LogP contribution in [-0.2, 0) is 14.1 Å². The van der Waals surface area contributed by atoms with E-state index in [2.05, 4.69) is 5.10 Å². The highest BCUT2D eigenvalue weighted by atomic mass is 16.5. The second-order valence-corrected chi connectivity index (χ2v) is 3.72. The molecule has 1 aromatic carbocycles. The normalized spacial score (nSPS) is 10.3. The zero-order valence-electron chi connectivity index (χ0n) is 9.95. The summed E-state index contributed by atoms with van der Waals surface area (Å²) in [4.78, 5) is 23.2. The monoisotopic (exact) mass is 248 g/mol. The van der Waals surface area contributed by atoms with Crippen molar-refractivity contribution in [3.63, 3.8) is 0 Å². The van der Waals surface area contributed by atoms with E-state index in [1.165, 1.54) is 14.1 Å². The third kappa shape index (κ3) is 1.97. The van der Waals surface area contributed by atoms with Crippen molar-refractivity contribution in [2.75, 3.05) is 5.73 Å². The highest BCUT2D eigenvalue weighted by Gasteiger charge is 2.11. The van der Waals surface area contributed by atoms with Gasteiger partial charge in [-0.25, -0.2) is 9.48 Å². The van der Waals surface area contributed by atoms with Crippen molar-refractivity contribution in [2.45, 2.75) is 0 Å². The predicted octanol–water partition coefficient (Wildman–Crippen LogP) is -0.147. The van der Waals surface area contributed by atoms with Crippen LogP contribution in [0.5, 0.6) is 11.6 Å². The van der Waals surface area contributed by atoms with Gasteiger partial charge in [-0.15, -0.1) is 5.10 Å². The van der Waals surface area contributed by atoms with Crippen molar-refractivity contribution < 1.29 is 4.74 Å². The van der Waals surface area contributed by atoms with E-state index in [1.54, 1.807) is 24.3 Å². The van der Waals surface area contributed by atoms with E-state index in [0.717, 1.165) is 9.25 Å². The number of benzene rings is 1. The Morgan fingerprint density at radius 2 is 1.89 bits per heavy atom. The summed E-state index contributed by atoms with van der Waals surface area (Å²) in [6.07, 6.45) is 0. The minimum atomic E-state index is -0.610. The Balaban J connectivity index is 2.52. The van der Waals surface area contributed by atoms with E-state index in [4.69, 9.17) is 10.5 Å². The van der Waals surface area contributed by atoms with Gasteiger partial charge in [-0.05, 0) is 12.1 Å². The molecule has 18 heavy (non-hydrogen) atoms. The first kappa shape index (κ1) is 11.9. The van der Waals surface area contributed by atoms with E-state index in [9.17, 15) is 9.59 Å². The highest BCUT2D eigenvalue weighted by Crippen LogP contribution is 2.23. The van der Waals surface area contributed by atoms with Crippen molar-refractivity contribution >= 4 is 5.69 Å². The number of aromatic nitrogens is 3. The maximum Gasteiger partial charge on any atom is 0.347 e. The summed E-state index contributed by atoms with van der Waals surface area (Å²) in [5.74, 6) is 0.123. The van der Waals surface area contributed by atoms with Crippen molar-refractivity contribution in [2.24, 2.45) is 14.1 Å². The average molecular weight is 248 g/mol. The van der Waals surface area contributed by atoms with Crippen LogP contribution in [0.25, 0.3) is 0 Å². The van der Waals surface area contributed by atoms with Crippen molar-refractivity contribution in [1.29, 1.82) is 0 Å². The number of nitrogen functional groups attached to an aromatic ring is 1. The molecular formula is C11H12N4O3. The molecule has 1 heterocycles. The molecule has 0 amide bonds. The number of hydrogen-bond acceptors (Lipinski definition) is 5. The van der Waals surface area contributed by atoms with Gasteiger partial charge in [-0.1, -0.05) is 12.1 Å². The molecule has 7 nitrogen and oxygen atoms in total. The van der Waals surface area contributed by atoms with Gasteiger partial charge >= 0.3 is 17.1 Å². The summed E-state index contributed by atoms with van der Waals surface area (Å²) in [6, 6.07) is 6.72. The molecule has 0 unspecified atom stereocenters. The summed E-state index contributed by atoms with van der Waals surface area (Å²) in [7, 11) is 2.79.